The molecular formula is C15H17ClF3NO. The molecule has 1 saturated heterocycles. The van der Waals surface area contributed by atoms with Gasteiger partial charge in [-0.3, -0.25) is 4.79 Å². The van der Waals surface area contributed by atoms with Crippen molar-refractivity contribution < 1.29 is 18.0 Å². The Kier molecular flexibility index (Phi) is 5.14. The van der Waals surface area contributed by atoms with Crippen molar-refractivity contribution in [2.45, 2.75) is 25.4 Å². The third-order valence-corrected chi connectivity index (χ3v) is 4.16. The van der Waals surface area contributed by atoms with E-state index in [1.807, 2.05) is 0 Å². The second-order valence-electron chi connectivity index (χ2n) is 5.37. The SMILES string of the molecule is O=C(Cc1ccc(C(F)(F)F)cc1)N1CCCC(CCl)C1. The number of nitrogens with zero attached hydrogens (tertiary/aromatic N) is 1. The topological polar surface area (TPSA) is 20.3 Å². The first-order valence-corrected chi connectivity index (χ1v) is 7.43. The minimum absolute atomic E-state index is 0.0513. The van der Waals surface area contributed by atoms with E-state index in [1.54, 1.807) is 4.90 Å². The van der Waals surface area contributed by atoms with E-state index in [-0.39, 0.29) is 12.3 Å². The van der Waals surface area contributed by atoms with Crippen molar-refractivity contribution in [1.29, 1.82) is 0 Å². The van der Waals surface area contributed by atoms with Crippen LogP contribution in [0.15, 0.2) is 24.3 Å². The van der Waals surface area contributed by atoms with Crippen LogP contribution in [0, 0.1) is 5.92 Å². The molecule has 6 heteroatoms. The lowest BCUT2D eigenvalue weighted by molar-refractivity contribution is -0.137. The van der Waals surface area contributed by atoms with Gasteiger partial charge in [-0.1, -0.05) is 12.1 Å². The average molecular weight is 320 g/mol. The molecular weight excluding hydrogens is 303 g/mol. The Labute approximate surface area is 126 Å². The Morgan fingerprint density at radius 1 is 1.29 bits per heavy atom. The quantitative estimate of drug-likeness (QED) is 0.777. The number of carbonyl (C=O) groups excluding carboxylic acids is 1. The number of rotatable bonds is 3. The van der Waals surface area contributed by atoms with Crippen LogP contribution in [0.3, 0.4) is 0 Å². The lowest BCUT2D eigenvalue weighted by Crippen LogP contribution is -2.41. The maximum Gasteiger partial charge on any atom is 0.416 e. The summed E-state index contributed by atoms with van der Waals surface area (Å²) < 4.78 is 37.4. The molecule has 1 aromatic carbocycles. The second-order valence-corrected chi connectivity index (χ2v) is 5.68. The van der Waals surface area contributed by atoms with Crippen LogP contribution in [0.25, 0.3) is 0 Å². The van der Waals surface area contributed by atoms with E-state index in [9.17, 15) is 18.0 Å². The van der Waals surface area contributed by atoms with Gasteiger partial charge in [0.2, 0.25) is 5.91 Å². The van der Waals surface area contributed by atoms with E-state index in [4.69, 9.17) is 11.6 Å². The second kappa shape index (κ2) is 6.69. The molecule has 0 saturated carbocycles. The molecule has 0 aliphatic carbocycles. The van der Waals surface area contributed by atoms with Gasteiger partial charge < -0.3 is 4.90 Å². The Morgan fingerprint density at radius 2 is 1.95 bits per heavy atom. The van der Waals surface area contributed by atoms with Crippen LogP contribution in [0.5, 0.6) is 0 Å². The highest BCUT2D eigenvalue weighted by Crippen LogP contribution is 2.29. The molecule has 116 valence electrons. The van der Waals surface area contributed by atoms with E-state index in [2.05, 4.69) is 0 Å². The van der Waals surface area contributed by atoms with Crippen LogP contribution < -0.4 is 0 Å². The summed E-state index contributed by atoms with van der Waals surface area (Å²) in [6, 6.07) is 4.76. The number of piperidine rings is 1. The summed E-state index contributed by atoms with van der Waals surface area (Å²) in [5.74, 6) is 0.797. The first kappa shape index (κ1) is 16.1. The number of hydrogen-bond donors (Lipinski definition) is 0. The van der Waals surface area contributed by atoms with Crippen LogP contribution in [0.1, 0.15) is 24.0 Å². The highest BCUT2D eigenvalue weighted by molar-refractivity contribution is 6.18. The van der Waals surface area contributed by atoms with Gasteiger partial charge in [-0.15, -0.1) is 11.6 Å². The zero-order valence-electron chi connectivity index (χ0n) is 11.5. The molecule has 1 amide bonds. The van der Waals surface area contributed by atoms with E-state index >= 15 is 0 Å². The van der Waals surface area contributed by atoms with E-state index in [0.29, 0.717) is 30.5 Å². The minimum atomic E-state index is -4.34. The zero-order valence-corrected chi connectivity index (χ0v) is 12.3. The number of likely N-dealkylation sites (tertiary alicyclic amines) is 1. The minimum Gasteiger partial charge on any atom is -0.342 e. The molecule has 1 heterocycles. The molecule has 0 aromatic heterocycles. The molecule has 0 spiro atoms. The van der Waals surface area contributed by atoms with Crippen LogP contribution in [-0.4, -0.2) is 29.8 Å². The molecule has 21 heavy (non-hydrogen) atoms. The van der Waals surface area contributed by atoms with Gasteiger partial charge in [-0.2, -0.15) is 13.2 Å². The summed E-state index contributed by atoms with van der Waals surface area (Å²) >= 11 is 5.83. The Bertz CT molecular complexity index is 487. The van der Waals surface area contributed by atoms with Crippen molar-refractivity contribution in [2.24, 2.45) is 5.92 Å². The summed E-state index contributed by atoms with van der Waals surface area (Å²) in [5, 5.41) is 0. The molecule has 0 bridgehead atoms. The summed E-state index contributed by atoms with van der Waals surface area (Å²) in [7, 11) is 0. The number of benzene rings is 1. The average Bonchev–Trinajstić information content (AvgIpc) is 2.47. The van der Waals surface area contributed by atoms with E-state index in [0.717, 1.165) is 25.0 Å². The monoisotopic (exact) mass is 319 g/mol. The van der Waals surface area contributed by atoms with Gasteiger partial charge in [0.1, 0.15) is 0 Å². The lowest BCUT2D eigenvalue weighted by Gasteiger charge is -2.32. The molecule has 1 aliphatic heterocycles. The van der Waals surface area contributed by atoms with Crippen molar-refractivity contribution in [2.75, 3.05) is 19.0 Å². The number of halogens is 4. The molecule has 0 N–H and O–H groups in total. The van der Waals surface area contributed by atoms with Gasteiger partial charge in [-0.25, -0.2) is 0 Å². The molecule has 1 aromatic rings. The number of hydrogen-bond acceptors (Lipinski definition) is 1. The largest absolute Gasteiger partial charge is 0.416 e. The van der Waals surface area contributed by atoms with Gasteiger partial charge in [0.15, 0.2) is 0 Å². The molecule has 2 rings (SSSR count). The summed E-state index contributed by atoms with van der Waals surface area (Å²) in [6.45, 7) is 1.34. The smallest absolute Gasteiger partial charge is 0.342 e. The van der Waals surface area contributed by atoms with Crippen molar-refractivity contribution >= 4 is 17.5 Å². The normalized spacial score (nSPS) is 19.6. The molecule has 1 atom stereocenters. The van der Waals surface area contributed by atoms with Gasteiger partial charge in [-0.05, 0) is 36.5 Å². The maximum absolute atomic E-state index is 12.5. The first-order valence-electron chi connectivity index (χ1n) is 6.90. The van der Waals surface area contributed by atoms with Gasteiger partial charge in [0.05, 0.1) is 12.0 Å². The maximum atomic E-state index is 12.5. The Balaban J connectivity index is 1.96. The number of alkyl halides is 4. The fraction of sp³-hybridized carbons (Fsp3) is 0.533. The highest BCUT2D eigenvalue weighted by atomic mass is 35.5. The number of carbonyl (C=O) groups is 1. The fourth-order valence-electron chi connectivity index (χ4n) is 2.52. The molecule has 0 radical (unpaired) electrons. The van der Waals surface area contributed by atoms with Crippen molar-refractivity contribution in [3.8, 4) is 0 Å². The van der Waals surface area contributed by atoms with Crippen molar-refractivity contribution in [3.63, 3.8) is 0 Å². The van der Waals surface area contributed by atoms with Gasteiger partial charge in [0, 0.05) is 19.0 Å². The van der Waals surface area contributed by atoms with Crippen LogP contribution >= 0.6 is 11.6 Å². The molecule has 1 unspecified atom stereocenters. The van der Waals surface area contributed by atoms with Crippen molar-refractivity contribution in [3.05, 3.63) is 35.4 Å². The van der Waals surface area contributed by atoms with Gasteiger partial charge in [0.25, 0.3) is 0 Å². The Morgan fingerprint density at radius 3 is 2.52 bits per heavy atom. The van der Waals surface area contributed by atoms with E-state index < -0.39 is 11.7 Å². The fourth-order valence-corrected chi connectivity index (χ4v) is 2.77. The summed E-state index contributed by atoms with van der Waals surface area (Å²) in [4.78, 5) is 13.9. The Hall–Kier alpha value is -1.23. The highest BCUT2D eigenvalue weighted by Gasteiger charge is 2.30. The van der Waals surface area contributed by atoms with E-state index in [1.165, 1.54) is 12.1 Å². The van der Waals surface area contributed by atoms with Crippen molar-refractivity contribution in [1.82, 2.24) is 4.90 Å². The van der Waals surface area contributed by atoms with Gasteiger partial charge >= 0.3 is 6.18 Å². The van der Waals surface area contributed by atoms with Crippen LogP contribution in [0.4, 0.5) is 13.2 Å². The lowest BCUT2D eigenvalue weighted by atomic mass is 9.99. The van der Waals surface area contributed by atoms with Crippen LogP contribution in [-0.2, 0) is 17.4 Å². The molecule has 1 fully saturated rings. The predicted molar refractivity (Wildman–Crippen MR) is 75.2 cm³/mol. The summed E-state index contributed by atoms with van der Waals surface area (Å²) in [6.07, 6.45) is -2.26. The predicted octanol–water partition coefficient (Wildman–Crippen LogP) is 3.73. The summed E-state index contributed by atoms with van der Waals surface area (Å²) in [5.41, 5.74) is -0.0973. The molecule has 1 aliphatic rings. The number of amides is 1. The zero-order chi connectivity index (χ0) is 15.5. The third kappa shape index (κ3) is 4.37. The first-order chi connectivity index (χ1) is 9.90. The van der Waals surface area contributed by atoms with Crippen LogP contribution in [0.2, 0.25) is 0 Å². The molecule has 2 nitrogen and oxygen atoms in total. The third-order valence-electron chi connectivity index (χ3n) is 3.73. The standard InChI is InChI=1S/C15H17ClF3NO/c16-9-12-2-1-7-20(10-12)14(21)8-11-3-5-13(6-4-11)15(17,18)19/h3-6,12H,1-2,7-10H2.